The smallest absolute Gasteiger partial charge is 0.252 e. The number of benzene rings is 2. The molecule has 2 aromatic carbocycles. The van der Waals surface area contributed by atoms with Crippen molar-refractivity contribution in [3.8, 4) is 0 Å². The van der Waals surface area contributed by atoms with Crippen LogP contribution in [0, 0.1) is 0 Å². The van der Waals surface area contributed by atoms with Crippen LogP contribution in [0.1, 0.15) is 10.4 Å². The maximum absolute atomic E-state index is 12.1. The molecule has 0 unspecified atom stereocenters. The molecule has 1 amide bonds. The summed E-state index contributed by atoms with van der Waals surface area (Å²) in [5, 5.41) is 2.99. The van der Waals surface area contributed by atoms with Gasteiger partial charge in [-0.05, 0) is 30.3 Å². The lowest BCUT2D eigenvalue weighted by atomic mass is 10.2. The molecule has 0 saturated carbocycles. The van der Waals surface area contributed by atoms with Crippen LogP contribution >= 0.6 is 23.4 Å². The van der Waals surface area contributed by atoms with Gasteiger partial charge in [0.1, 0.15) is 0 Å². The molecule has 0 radical (unpaired) electrons. The van der Waals surface area contributed by atoms with Gasteiger partial charge in [-0.15, -0.1) is 11.8 Å². The van der Waals surface area contributed by atoms with E-state index in [2.05, 4.69) is 10.0 Å². The number of anilines is 1. The quantitative estimate of drug-likeness (QED) is 0.567. The fourth-order valence-electron chi connectivity index (χ4n) is 1.92. The highest BCUT2D eigenvalue weighted by atomic mass is 35.5. The normalized spacial score (nSPS) is 11.1. The number of rotatable bonds is 7. The van der Waals surface area contributed by atoms with Gasteiger partial charge < -0.3 is 5.32 Å². The van der Waals surface area contributed by atoms with Gasteiger partial charge in [-0.3, -0.25) is 9.52 Å². The number of halogens is 1. The summed E-state index contributed by atoms with van der Waals surface area (Å²) in [7, 11) is -3.38. The number of nitrogens with one attached hydrogen (secondary N) is 2. The summed E-state index contributed by atoms with van der Waals surface area (Å²) < 4.78 is 24.7. The second-order valence-corrected chi connectivity index (χ2v) is 8.31. The van der Waals surface area contributed by atoms with Crippen LogP contribution in [0.15, 0.2) is 53.4 Å². The number of thioether (sulfide) groups is 1. The van der Waals surface area contributed by atoms with E-state index < -0.39 is 10.0 Å². The first-order chi connectivity index (χ1) is 11.3. The minimum atomic E-state index is -3.38. The first kappa shape index (κ1) is 18.6. The largest absolute Gasteiger partial charge is 0.351 e. The Morgan fingerprint density at radius 1 is 1.17 bits per heavy atom. The van der Waals surface area contributed by atoms with Gasteiger partial charge in [0.15, 0.2) is 0 Å². The van der Waals surface area contributed by atoms with E-state index in [1.807, 2.05) is 30.3 Å². The molecule has 2 rings (SSSR count). The number of sulfonamides is 1. The van der Waals surface area contributed by atoms with Gasteiger partial charge in [0.25, 0.3) is 5.91 Å². The molecule has 0 bridgehead atoms. The van der Waals surface area contributed by atoms with Gasteiger partial charge in [0.05, 0.1) is 16.8 Å². The van der Waals surface area contributed by atoms with E-state index >= 15 is 0 Å². The van der Waals surface area contributed by atoms with E-state index in [1.54, 1.807) is 11.8 Å². The number of amides is 1. The van der Waals surface area contributed by atoms with E-state index in [0.717, 1.165) is 16.9 Å². The average molecular weight is 385 g/mol. The highest BCUT2D eigenvalue weighted by molar-refractivity contribution is 7.99. The van der Waals surface area contributed by atoms with Crippen LogP contribution in [0.5, 0.6) is 0 Å². The SMILES string of the molecule is CS(=O)(=O)Nc1ccc(C(=O)NCCSc2ccccc2)c(Cl)c1. The van der Waals surface area contributed by atoms with Gasteiger partial charge in [0.2, 0.25) is 10.0 Å². The Morgan fingerprint density at radius 2 is 1.88 bits per heavy atom. The average Bonchev–Trinajstić information content (AvgIpc) is 2.51. The molecule has 0 aliphatic heterocycles. The van der Waals surface area contributed by atoms with Crippen LogP contribution in [-0.2, 0) is 10.0 Å². The van der Waals surface area contributed by atoms with E-state index in [-0.39, 0.29) is 10.9 Å². The topological polar surface area (TPSA) is 75.3 Å². The molecular weight excluding hydrogens is 368 g/mol. The highest BCUT2D eigenvalue weighted by Gasteiger charge is 2.11. The van der Waals surface area contributed by atoms with Crippen molar-refractivity contribution in [1.82, 2.24) is 5.32 Å². The van der Waals surface area contributed by atoms with Crippen molar-refractivity contribution in [2.45, 2.75) is 4.90 Å². The Balaban J connectivity index is 1.88. The number of carbonyl (C=O) groups is 1. The zero-order valence-corrected chi connectivity index (χ0v) is 15.3. The number of hydrogen-bond acceptors (Lipinski definition) is 4. The molecule has 0 atom stereocenters. The summed E-state index contributed by atoms with van der Waals surface area (Å²) in [5.41, 5.74) is 0.624. The van der Waals surface area contributed by atoms with Crippen LogP contribution in [0.2, 0.25) is 5.02 Å². The predicted molar refractivity (Wildman–Crippen MR) is 99.4 cm³/mol. The van der Waals surface area contributed by atoms with Crippen LogP contribution in [-0.4, -0.2) is 32.9 Å². The number of hydrogen-bond donors (Lipinski definition) is 2. The van der Waals surface area contributed by atoms with Gasteiger partial charge >= 0.3 is 0 Å². The molecule has 0 spiro atoms. The van der Waals surface area contributed by atoms with Crippen molar-refractivity contribution in [1.29, 1.82) is 0 Å². The lowest BCUT2D eigenvalue weighted by molar-refractivity contribution is 0.0956. The summed E-state index contributed by atoms with van der Waals surface area (Å²) in [6.07, 6.45) is 1.05. The zero-order valence-electron chi connectivity index (χ0n) is 13.0. The van der Waals surface area contributed by atoms with Gasteiger partial charge in [-0.1, -0.05) is 29.8 Å². The standard InChI is InChI=1S/C16H17ClN2O3S2/c1-24(21,22)19-12-7-8-14(15(17)11-12)16(20)18-9-10-23-13-5-3-2-4-6-13/h2-8,11,19H,9-10H2,1H3,(H,18,20). The Morgan fingerprint density at radius 3 is 2.50 bits per heavy atom. The minimum absolute atomic E-state index is 0.192. The molecule has 24 heavy (non-hydrogen) atoms. The van der Waals surface area contributed by atoms with Crippen LogP contribution in [0.4, 0.5) is 5.69 Å². The molecule has 2 aromatic rings. The lowest BCUT2D eigenvalue weighted by Gasteiger charge is -2.09. The second-order valence-electron chi connectivity index (χ2n) is 4.99. The Bertz CT molecular complexity index is 811. The summed E-state index contributed by atoms with van der Waals surface area (Å²) >= 11 is 7.71. The van der Waals surface area contributed by atoms with Crippen molar-refractivity contribution < 1.29 is 13.2 Å². The molecule has 5 nitrogen and oxygen atoms in total. The summed E-state index contributed by atoms with van der Waals surface area (Å²) in [5.74, 6) is 0.445. The molecule has 2 N–H and O–H groups in total. The van der Waals surface area contributed by atoms with Gasteiger partial charge in [0, 0.05) is 22.9 Å². The first-order valence-corrected chi connectivity index (χ1v) is 10.3. The van der Waals surface area contributed by atoms with E-state index in [0.29, 0.717) is 17.8 Å². The zero-order chi connectivity index (χ0) is 17.6. The van der Waals surface area contributed by atoms with Crippen molar-refractivity contribution in [2.24, 2.45) is 0 Å². The fraction of sp³-hybridized carbons (Fsp3) is 0.188. The Kier molecular flexibility index (Phi) is 6.53. The highest BCUT2D eigenvalue weighted by Crippen LogP contribution is 2.22. The maximum Gasteiger partial charge on any atom is 0.252 e. The Labute approximate surface area is 150 Å². The van der Waals surface area contributed by atoms with Gasteiger partial charge in [-0.2, -0.15) is 0 Å². The molecule has 128 valence electrons. The fourth-order valence-corrected chi connectivity index (χ4v) is 3.53. The van der Waals surface area contributed by atoms with Crippen LogP contribution in [0.3, 0.4) is 0 Å². The third kappa shape index (κ3) is 6.07. The molecule has 0 aliphatic rings. The van der Waals surface area contributed by atoms with Crippen molar-refractivity contribution in [2.75, 3.05) is 23.3 Å². The van der Waals surface area contributed by atoms with Crippen LogP contribution < -0.4 is 10.0 Å². The second kappa shape index (κ2) is 8.41. The monoisotopic (exact) mass is 384 g/mol. The maximum atomic E-state index is 12.1. The summed E-state index contributed by atoms with van der Waals surface area (Å²) in [6, 6.07) is 14.3. The molecular formula is C16H17ClN2O3S2. The molecule has 8 heteroatoms. The van der Waals surface area contributed by atoms with Crippen molar-refractivity contribution in [3.63, 3.8) is 0 Å². The van der Waals surface area contributed by atoms with E-state index in [1.165, 1.54) is 18.2 Å². The van der Waals surface area contributed by atoms with E-state index in [4.69, 9.17) is 11.6 Å². The lowest BCUT2D eigenvalue weighted by Crippen LogP contribution is -2.26. The molecule has 0 saturated heterocycles. The van der Waals surface area contributed by atoms with Crippen molar-refractivity contribution >= 4 is 45.0 Å². The third-order valence-electron chi connectivity index (χ3n) is 2.92. The van der Waals surface area contributed by atoms with Gasteiger partial charge in [-0.25, -0.2) is 8.42 Å². The van der Waals surface area contributed by atoms with E-state index in [9.17, 15) is 13.2 Å². The summed E-state index contributed by atoms with van der Waals surface area (Å²) in [6.45, 7) is 0.498. The van der Waals surface area contributed by atoms with Crippen LogP contribution in [0.25, 0.3) is 0 Å². The predicted octanol–water partition coefficient (Wildman–Crippen LogP) is 3.23. The molecule has 0 fully saturated rings. The summed E-state index contributed by atoms with van der Waals surface area (Å²) in [4.78, 5) is 13.3. The Hall–Kier alpha value is -1.70. The first-order valence-electron chi connectivity index (χ1n) is 7.08. The minimum Gasteiger partial charge on any atom is -0.351 e. The van der Waals surface area contributed by atoms with Crippen molar-refractivity contribution in [3.05, 3.63) is 59.1 Å². The molecule has 0 aliphatic carbocycles. The third-order valence-corrected chi connectivity index (χ3v) is 4.85. The molecule has 0 aromatic heterocycles. The number of carbonyl (C=O) groups excluding carboxylic acids is 1. The molecule has 0 heterocycles.